The summed E-state index contributed by atoms with van der Waals surface area (Å²) in [6.45, 7) is 0. The van der Waals surface area contributed by atoms with Crippen molar-refractivity contribution in [3.63, 3.8) is 0 Å². The van der Waals surface area contributed by atoms with Crippen LogP contribution in [0.25, 0.3) is 0 Å². The zero-order valence-corrected chi connectivity index (χ0v) is 8.41. The number of rotatable bonds is 0. The van der Waals surface area contributed by atoms with Crippen LogP contribution in [0.3, 0.4) is 0 Å². The van der Waals surface area contributed by atoms with Gasteiger partial charge in [-0.3, -0.25) is 20.0 Å². The fourth-order valence-electron chi connectivity index (χ4n) is 1.53. The molecule has 0 aromatic carbocycles. The predicted molar refractivity (Wildman–Crippen MR) is 66.3 cm³/mol. The van der Waals surface area contributed by atoms with Gasteiger partial charge in [0.2, 0.25) is 0 Å². The van der Waals surface area contributed by atoms with Crippen LogP contribution in [-0.4, -0.2) is 24.9 Å². The summed E-state index contributed by atoms with van der Waals surface area (Å²) in [5, 5.41) is 0. The van der Waals surface area contributed by atoms with Crippen LogP contribution in [0.15, 0.2) is 67.1 Å². The summed E-state index contributed by atoms with van der Waals surface area (Å²) in [7, 11) is 0. The van der Waals surface area contributed by atoms with Crippen LogP contribution >= 0.6 is 0 Å². The molecule has 0 saturated heterocycles. The Kier molecular flexibility index (Phi) is 2.04. The lowest BCUT2D eigenvalue weighted by Gasteiger charge is -1.83. The minimum Gasteiger partial charge on any atom is -0.254 e. The first-order valence-electron chi connectivity index (χ1n) is 4.92. The molecular weight excluding hydrogens is 200 g/mol. The number of nitrogens with zero attached hydrogens (tertiary/aromatic N) is 4. The molecule has 0 amide bonds. The Balaban J connectivity index is 0.000000101. The van der Waals surface area contributed by atoms with E-state index in [9.17, 15) is 0 Å². The predicted octanol–water partition coefficient (Wildman–Crippen LogP) is 1.85. The molecule has 4 nitrogen and oxygen atoms in total. The maximum Gasteiger partial charge on any atom is 0.0901 e. The Morgan fingerprint density at radius 1 is 0.438 bits per heavy atom. The van der Waals surface area contributed by atoms with E-state index in [-0.39, 0.29) is 0 Å². The largest absolute Gasteiger partial charge is 0.254 e. The number of hydrogen-bond donors (Lipinski definition) is 0. The maximum atomic E-state index is 4.02. The minimum atomic E-state index is 0.991. The van der Waals surface area contributed by atoms with Crippen molar-refractivity contribution in [3.05, 3.63) is 47.1 Å². The second-order valence-electron chi connectivity index (χ2n) is 3.32. The normalized spacial score (nSPS) is 21.0. The van der Waals surface area contributed by atoms with Crippen LogP contribution in [0.2, 0.25) is 0 Å². The molecule has 0 aromatic rings. The fourth-order valence-corrected chi connectivity index (χ4v) is 1.53. The third-order valence-electron chi connectivity index (χ3n) is 2.31. The van der Waals surface area contributed by atoms with E-state index in [1.807, 2.05) is 24.3 Å². The Morgan fingerprint density at radius 2 is 0.688 bits per heavy atom. The van der Waals surface area contributed by atoms with Crippen LogP contribution in [0, 0.1) is 0 Å². The van der Waals surface area contributed by atoms with E-state index in [0.29, 0.717) is 0 Å². The molecular formula is C12H8N4. The van der Waals surface area contributed by atoms with Gasteiger partial charge in [0, 0.05) is 24.9 Å². The van der Waals surface area contributed by atoms with Gasteiger partial charge in [-0.1, -0.05) is 0 Å². The van der Waals surface area contributed by atoms with Crippen molar-refractivity contribution >= 4 is 24.9 Å². The molecule has 4 heteroatoms. The van der Waals surface area contributed by atoms with Crippen molar-refractivity contribution in [2.24, 2.45) is 20.0 Å². The van der Waals surface area contributed by atoms with Crippen molar-refractivity contribution in [2.45, 2.75) is 0 Å². The number of fused-ring (bicyclic) bond motifs is 2. The zero-order valence-electron chi connectivity index (χ0n) is 8.41. The summed E-state index contributed by atoms with van der Waals surface area (Å²) < 4.78 is 0. The molecule has 16 heavy (non-hydrogen) atoms. The smallest absolute Gasteiger partial charge is 0.0901 e. The third kappa shape index (κ3) is 1.50. The van der Waals surface area contributed by atoms with Crippen molar-refractivity contribution in [3.8, 4) is 0 Å². The second kappa shape index (κ2) is 3.66. The summed E-state index contributed by atoms with van der Waals surface area (Å²) in [5.74, 6) is 0. The SMILES string of the molecule is C1=NC2=CC=NC2=C1.C1=NC2=CC=NC2=C1. The van der Waals surface area contributed by atoms with Crippen molar-refractivity contribution in [1.29, 1.82) is 0 Å². The molecule has 4 rings (SSSR count). The van der Waals surface area contributed by atoms with Gasteiger partial charge >= 0.3 is 0 Å². The zero-order chi connectivity index (χ0) is 10.8. The van der Waals surface area contributed by atoms with Gasteiger partial charge in [-0.2, -0.15) is 0 Å². The van der Waals surface area contributed by atoms with E-state index in [0.717, 1.165) is 22.8 Å². The van der Waals surface area contributed by atoms with Crippen LogP contribution in [0.4, 0.5) is 0 Å². The Morgan fingerprint density at radius 3 is 0.938 bits per heavy atom. The van der Waals surface area contributed by atoms with Gasteiger partial charge in [-0.25, -0.2) is 0 Å². The fraction of sp³-hybridized carbons (Fsp3) is 0. The first-order valence-corrected chi connectivity index (χ1v) is 4.92. The average Bonchev–Trinajstić information content (AvgIpc) is 2.99. The molecule has 4 heterocycles. The first-order chi connectivity index (χ1) is 7.93. The molecule has 0 aliphatic carbocycles. The molecule has 4 aliphatic rings. The molecule has 0 bridgehead atoms. The van der Waals surface area contributed by atoms with Gasteiger partial charge in [0.1, 0.15) is 0 Å². The number of aliphatic imine (C=N–C) groups is 4. The van der Waals surface area contributed by atoms with Crippen LogP contribution in [0.1, 0.15) is 0 Å². The number of hydrogen-bond acceptors (Lipinski definition) is 4. The van der Waals surface area contributed by atoms with Crippen LogP contribution in [-0.2, 0) is 0 Å². The van der Waals surface area contributed by atoms with E-state index in [1.165, 1.54) is 0 Å². The Bertz CT molecular complexity index is 462. The van der Waals surface area contributed by atoms with Crippen molar-refractivity contribution < 1.29 is 0 Å². The molecule has 0 spiro atoms. The standard InChI is InChI=1S/2C6H4N2/c2*1-3-7-6-2-4-8-5(1)6/h2*1-4H. The van der Waals surface area contributed by atoms with Crippen LogP contribution < -0.4 is 0 Å². The van der Waals surface area contributed by atoms with Gasteiger partial charge < -0.3 is 0 Å². The van der Waals surface area contributed by atoms with E-state index in [4.69, 9.17) is 0 Å². The van der Waals surface area contributed by atoms with Crippen LogP contribution in [0.5, 0.6) is 0 Å². The van der Waals surface area contributed by atoms with E-state index in [2.05, 4.69) is 20.0 Å². The molecule has 0 unspecified atom stereocenters. The average molecular weight is 208 g/mol. The molecule has 0 saturated carbocycles. The topological polar surface area (TPSA) is 49.4 Å². The highest BCUT2D eigenvalue weighted by atomic mass is 14.9. The molecule has 0 fully saturated rings. The molecule has 0 N–H and O–H groups in total. The summed E-state index contributed by atoms with van der Waals surface area (Å²) in [6, 6.07) is 0. The van der Waals surface area contributed by atoms with Gasteiger partial charge in [0.05, 0.1) is 22.8 Å². The molecule has 0 radical (unpaired) electrons. The Labute approximate surface area is 92.6 Å². The van der Waals surface area contributed by atoms with Gasteiger partial charge in [-0.15, -0.1) is 0 Å². The van der Waals surface area contributed by atoms with Gasteiger partial charge in [0.15, 0.2) is 0 Å². The minimum absolute atomic E-state index is 0.991. The quantitative estimate of drug-likeness (QED) is 0.583. The summed E-state index contributed by atoms with van der Waals surface area (Å²) in [4.78, 5) is 16.1. The van der Waals surface area contributed by atoms with E-state index >= 15 is 0 Å². The highest BCUT2D eigenvalue weighted by Gasteiger charge is 2.08. The lowest BCUT2D eigenvalue weighted by molar-refractivity contribution is 1.33. The summed E-state index contributed by atoms with van der Waals surface area (Å²) in [5.41, 5.74) is 3.96. The van der Waals surface area contributed by atoms with Gasteiger partial charge in [0.25, 0.3) is 0 Å². The lowest BCUT2D eigenvalue weighted by atomic mass is 10.4. The van der Waals surface area contributed by atoms with Gasteiger partial charge in [-0.05, 0) is 24.3 Å². The second-order valence-corrected chi connectivity index (χ2v) is 3.32. The van der Waals surface area contributed by atoms with Crippen molar-refractivity contribution in [1.82, 2.24) is 0 Å². The van der Waals surface area contributed by atoms with Crippen molar-refractivity contribution in [2.75, 3.05) is 0 Å². The highest BCUT2D eigenvalue weighted by molar-refractivity contribution is 5.88. The summed E-state index contributed by atoms with van der Waals surface area (Å²) in [6.07, 6.45) is 14.6. The maximum absolute atomic E-state index is 4.02. The highest BCUT2D eigenvalue weighted by Crippen LogP contribution is 2.20. The molecule has 4 aliphatic heterocycles. The third-order valence-corrected chi connectivity index (χ3v) is 2.31. The molecule has 0 atom stereocenters. The van der Waals surface area contributed by atoms with E-state index in [1.54, 1.807) is 24.9 Å². The first kappa shape index (κ1) is 8.91. The monoisotopic (exact) mass is 208 g/mol. The van der Waals surface area contributed by atoms with E-state index < -0.39 is 0 Å². The Hall–Kier alpha value is -2.36. The molecule has 0 aromatic heterocycles. The number of allylic oxidation sites excluding steroid dienone is 4. The summed E-state index contributed by atoms with van der Waals surface area (Å²) >= 11 is 0. The molecule has 76 valence electrons. The lowest BCUT2D eigenvalue weighted by Crippen LogP contribution is -1.66.